The minimum atomic E-state index is -1.79. The van der Waals surface area contributed by atoms with E-state index in [0.717, 1.165) is 10.9 Å². The van der Waals surface area contributed by atoms with Crippen LogP contribution in [0.2, 0.25) is 0 Å². The minimum absolute atomic E-state index is 0.0361. The van der Waals surface area contributed by atoms with E-state index in [1.807, 2.05) is 0 Å². The highest BCUT2D eigenvalue weighted by atomic mass is 19.1. The molecular weight excluding hydrogens is 771 g/mol. The highest BCUT2D eigenvalue weighted by Crippen LogP contribution is 2.30. The third kappa shape index (κ3) is 10.9. The highest BCUT2D eigenvalue weighted by Gasteiger charge is 2.50. The highest BCUT2D eigenvalue weighted by molar-refractivity contribution is 5.92. The van der Waals surface area contributed by atoms with Gasteiger partial charge in [-0.1, -0.05) is 13.3 Å². The molecule has 0 bridgehead atoms. The van der Waals surface area contributed by atoms with Crippen molar-refractivity contribution < 1.29 is 78.6 Å². The van der Waals surface area contributed by atoms with Crippen LogP contribution in [0.4, 0.5) is 4.39 Å². The number of rotatable bonds is 18. The first-order chi connectivity index (χ1) is 27.7. The standard InChI is InChI=1S/C38H57FN4O15/c1-3-24(36(54)43-15-22(46)13-21(43)11-19-14-40-25-12-20(39)8-9-23(19)25)42-35(53)18(2)41-28(47)7-5-4-6-10-55-37-33(52)31(50)34(27(17-45)57-37)58-38-32(51)30(49)29(48)26(16-44)56-38/h8-9,12,14,18,21-22,24,26-27,29-34,37-38,40,44-46,48-52H,3-7,10-11,13,15-17H2,1-2H3,(H,41,47)(H,42,53)/t18-,21+,22-,24-,26?,27?,29-,30-,31+,32?,33?,34+,37+,38-/m0/s1. The number of hydrogen-bond acceptors (Lipinski definition) is 15. The number of fused-ring (bicyclic) bond motifs is 1. The van der Waals surface area contributed by atoms with E-state index >= 15 is 0 Å². The quantitative estimate of drug-likeness (QED) is 0.0688. The lowest BCUT2D eigenvalue weighted by Crippen LogP contribution is -2.64. The molecule has 326 valence electrons. The van der Waals surface area contributed by atoms with Gasteiger partial charge < -0.3 is 80.3 Å². The van der Waals surface area contributed by atoms with Crippen LogP contribution in [0.3, 0.4) is 0 Å². The van der Waals surface area contributed by atoms with Crippen LogP contribution in [-0.2, 0) is 39.8 Å². The lowest BCUT2D eigenvalue weighted by atomic mass is 9.97. The van der Waals surface area contributed by atoms with Crippen molar-refractivity contribution in [3.8, 4) is 0 Å². The smallest absolute Gasteiger partial charge is 0.245 e. The number of halogens is 1. The second-order valence-corrected chi connectivity index (χ2v) is 15.2. The van der Waals surface area contributed by atoms with Crippen molar-refractivity contribution in [2.45, 2.75) is 144 Å². The van der Waals surface area contributed by atoms with Crippen LogP contribution in [0.15, 0.2) is 24.4 Å². The van der Waals surface area contributed by atoms with E-state index in [1.54, 1.807) is 24.1 Å². The van der Waals surface area contributed by atoms with E-state index in [4.69, 9.17) is 18.9 Å². The van der Waals surface area contributed by atoms with Crippen molar-refractivity contribution in [3.63, 3.8) is 0 Å². The fraction of sp³-hybridized carbons (Fsp3) is 0.711. The first kappa shape index (κ1) is 45.7. The summed E-state index contributed by atoms with van der Waals surface area (Å²) in [6.07, 6.45) is -12.1. The topological polar surface area (TPSA) is 293 Å². The van der Waals surface area contributed by atoms with Gasteiger partial charge >= 0.3 is 0 Å². The first-order valence-electron chi connectivity index (χ1n) is 19.7. The lowest BCUT2D eigenvalue weighted by Gasteiger charge is -2.45. The molecule has 5 rings (SSSR count). The van der Waals surface area contributed by atoms with Crippen molar-refractivity contribution in [1.82, 2.24) is 20.5 Å². The molecule has 58 heavy (non-hydrogen) atoms. The molecule has 0 aliphatic carbocycles. The maximum atomic E-state index is 13.7. The monoisotopic (exact) mass is 828 g/mol. The number of H-pyrrole nitrogens is 1. The molecule has 1 aromatic carbocycles. The molecule has 20 heteroatoms. The van der Waals surface area contributed by atoms with Crippen molar-refractivity contribution in [2.24, 2.45) is 0 Å². The number of hydrogen-bond donors (Lipinski definition) is 11. The largest absolute Gasteiger partial charge is 0.394 e. The van der Waals surface area contributed by atoms with Gasteiger partial charge in [-0.25, -0.2) is 4.39 Å². The molecule has 0 saturated carbocycles. The van der Waals surface area contributed by atoms with Gasteiger partial charge in [0.15, 0.2) is 12.6 Å². The predicted octanol–water partition coefficient (Wildman–Crippen LogP) is -2.59. The fourth-order valence-electron chi connectivity index (χ4n) is 7.61. The number of nitrogens with zero attached hydrogens (tertiary/aromatic N) is 1. The zero-order valence-corrected chi connectivity index (χ0v) is 32.4. The average molecular weight is 829 g/mol. The number of carbonyl (C=O) groups is 3. The molecule has 3 saturated heterocycles. The van der Waals surface area contributed by atoms with Crippen LogP contribution in [-0.4, -0.2) is 180 Å². The number of unbranched alkanes of at least 4 members (excludes halogenated alkanes) is 2. The molecular formula is C38H57FN4O15. The van der Waals surface area contributed by atoms with E-state index in [2.05, 4.69) is 15.6 Å². The van der Waals surface area contributed by atoms with Crippen LogP contribution in [0.5, 0.6) is 0 Å². The Balaban J connectivity index is 1.01. The molecule has 3 fully saturated rings. The van der Waals surface area contributed by atoms with Gasteiger partial charge in [-0.05, 0) is 62.8 Å². The fourth-order valence-corrected chi connectivity index (χ4v) is 7.61. The molecule has 11 N–H and O–H groups in total. The Labute approximate surface area is 334 Å². The Kier molecular flexibility index (Phi) is 16.3. The Morgan fingerprint density at radius 2 is 1.64 bits per heavy atom. The molecule has 4 unspecified atom stereocenters. The molecule has 0 radical (unpaired) electrons. The molecule has 0 spiro atoms. The van der Waals surface area contributed by atoms with Gasteiger partial charge in [-0.15, -0.1) is 0 Å². The zero-order valence-electron chi connectivity index (χ0n) is 32.4. The predicted molar refractivity (Wildman–Crippen MR) is 199 cm³/mol. The van der Waals surface area contributed by atoms with Gasteiger partial charge in [0.25, 0.3) is 0 Å². The minimum Gasteiger partial charge on any atom is -0.394 e. The zero-order chi connectivity index (χ0) is 42.3. The summed E-state index contributed by atoms with van der Waals surface area (Å²) in [4.78, 5) is 44.0. The average Bonchev–Trinajstić information content (AvgIpc) is 3.78. The number of amides is 3. The molecule has 3 aliphatic heterocycles. The molecule has 14 atom stereocenters. The summed E-state index contributed by atoms with van der Waals surface area (Å²) in [5.74, 6) is -1.66. The molecule has 1 aromatic heterocycles. The van der Waals surface area contributed by atoms with Gasteiger partial charge in [-0.2, -0.15) is 0 Å². The second kappa shape index (κ2) is 20.7. The third-order valence-electron chi connectivity index (χ3n) is 10.9. The number of benzene rings is 1. The summed E-state index contributed by atoms with van der Waals surface area (Å²) >= 11 is 0. The number of aliphatic hydroxyl groups excluding tert-OH is 8. The first-order valence-corrected chi connectivity index (χ1v) is 19.7. The molecule has 3 aliphatic rings. The van der Waals surface area contributed by atoms with Crippen molar-refractivity contribution in [3.05, 3.63) is 35.8 Å². The van der Waals surface area contributed by atoms with Crippen LogP contribution in [0, 0.1) is 5.82 Å². The van der Waals surface area contributed by atoms with Gasteiger partial charge in [-0.3, -0.25) is 14.4 Å². The maximum Gasteiger partial charge on any atom is 0.245 e. The number of likely N-dealkylation sites (tertiary alicyclic amines) is 1. The normalized spacial score (nSPS) is 32.6. The van der Waals surface area contributed by atoms with Gasteiger partial charge in [0, 0.05) is 42.7 Å². The summed E-state index contributed by atoms with van der Waals surface area (Å²) in [6, 6.07) is 2.24. The Bertz CT molecular complexity index is 1670. The summed E-state index contributed by atoms with van der Waals surface area (Å²) in [5.41, 5.74) is 1.50. The maximum absolute atomic E-state index is 13.7. The number of β-amino-alcohol motifs (C(OH)–C–C–N with tert-alkyl or cyclic N) is 1. The Hall–Kier alpha value is -3.38. The van der Waals surface area contributed by atoms with Crippen LogP contribution in [0.1, 0.15) is 57.9 Å². The number of aromatic amines is 1. The number of aliphatic hydroxyl groups is 8. The molecule has 3 amide bonds. The van der Waals surface area contributed by atoms with E-state index in [0.29, 0.717) is 37.6 Å². The summed E-state index contributed by atoms with van der Waals surface area (Å²) in [6.45, 7) is 1.98. The SMILES string of the molecule is CC[C@H](NC(=O)[C@H](C)NC(=O)CCCCCO[C@@H]1OC(CO)[C@@H](O[C@@H]2OC(CO)[C@H](O)[C@H](O)C2O)[C@H](O)C1O)C(=O)N1C[C@@H](O)C[C@H]1Cc1c[nH]c2cc(F)ccc12. The number of carbonyl (C=O) groups excluding carboxylic acids is 3. The third-order valence-corrected chi connectivity index (χ3v) is 10.9. The molecule has 4 heterocycles. The summed E-state index contributed by atoms with van der Waals surface area (Å²) < 4.78 is 35.7. The van der Waals surface area contributed by atoms with E-state index in [1.165, 1.54) is 19.1 Å². The summed E-state index contributed by atoms with van der Waals surface area (Å²) in [7, 11) is 0. The van der Waals surface area contributed by atoms with E-state index in [9.17, 15) is 59.6 Å². The van der Waals surface area contributed by atoms with Crippen LogP contribution in [0.25, 0.3) is 10.9 Å². The van der Waals surface area contributed by atoms with Gasteiger partial charge in [0.1, 0.15) is 66.7 Å². The Morgan fingerprint density at radius 3 is 2.34 bits per heavy atom. The Morgan fingerprint density at radius 1 is 0.931 bits per heavy atom. The summed E-state index contributed by atoms with van der Waals surface area (Å²) in [5, 5.41) is 87.7. The van der Waals surface area contributed by atoms with Crippen molar-refractivity contribution in [2.75, 3.05) is 26.4 Å². The molecule has 19 nitrogen and oxygen atoms in total. The van der Waals surface area contributed by atoms with Gasteiger partial charge in [0.2, 0.25) is 17.7 Å². The van der Waals surface area contributed by atoms with Crippen LogP contribution >= 0.6 is 0 Å². The van der Waals surface area contributed by atoms with E-state index in [-0.39, 0.29) is 43.8 Å². The second-order valence-electron chi connectivity index (χ2n) is 15.2. The number of ether oxygens (including phenoxy) is 4. The number of nitrogens with one attached hydrogen (secondary N) is 3. The van der Waals surface area contributed by atoms with Crippen molar-refractivity contribution in [1.29, 1.82) is 0 Å². The van der Waals surface area contributed by atoms with Crippen molar-refractivity contribution >= 4 is 28.6 Å². The lowest BCUT2D eigenvalue weighted by molar-refractivity contribution is -0.359. The van der Waals surface area contributed by atoms with Crippen LogP contribution < -0.4 is 10.6 Å². The van der Waals surface area contributed by atoms with Gasteiger partial charge in [0.05, 0.1) is 19.3 Å². The number of aromatic nitrogens is 1. The van der Waals surface area contributed by atoms with E-state index < -0.39 is 105 Å². The molecule has 2 aromatic rings.